The summed E-state index contributed by atoms with van der Waals surface area (Å²) in [5, 5.41) is 5.21. The molecule has 1 heterocycles. The van der Waals surface area contributed by atoms with E-state index in [1.807, 2.05) is 23.2 Å². The quantitative estimate of drug-likeness (QED) is 0.372. The predicted octanol–water partition coefficient (Wildman–Crippen LogP) is 5.28. The first-order valence-electron chi connectivity index (χ1n) is 6.99. The summed E-state index contributed by atoms with van der Waals surface area (Å²) in [6.45, 7) is 0.863. The molecule has 0 aliphatic carbocycles. The van der Waals surface area contributed by atoms with Gasteiger partial charge in [-0.15, -0.1) is 23.1 Å². The van der Waals surface area contributed by atoms with Crippen molar-refractivity contribution >= 4 is 50.7 Å². The first kappa shape index (κ1) is 17.4. The predicted molar refractivity (Wildman–Crippen MR) is 98.2 cm³/mol. The van der Waals surface area contributed by atoms with Crippen molar-refractivity contribution in [3.63, 3.8) is 0 Å². The van der Waals surface area contributed by atoms with E-state index in [4.69, 9.17) is 4.74 Å². The molecular formula is C16H18BrNO2S2. The van der Waals surface area contributed by atoms with Crippen LogP contribution in [0.1, 0.15) is 22.5 Å². The number of rotatable bonds is 8. The van der Waals surface area contributed by atoms with Crippen LogP contribution in [0, 0.1) is 0 Å². The van der Waals surface area contributed by atoms with Gasteiger partial charge in [-0.2, -0.15) is 0 Å². The number of hydrogen-bond donors (Lipinski definition) is 1. The molecule has 0 amide bonds. The van der Waals surface area contributed by atoms with Gasteiger partial charge in [0.15, 0.2) is 0 Å². The maximum atomic E-state index is 11.6. The first-order chi connectivity index (χ1) is 10.7. The van der Waals surface area contributed by atoms with Gasteiger partial charge >= 0.3 is 5.97 Å². The SMILES string of the molecule is COC(=O)c1sccc1NCCCCSc1ccc(Br)cc1. The first-order valence-corrected chi connectivity index (χ1v) is 9.64. The normalized spacial score (nSPS) is 10.5. The van der Waals surface area contributed by atoms with Crippen LogP contribution in [0.15, 0.2) is 45.1 Å². The van der Waals surface area contributed by atoms with Crippen LogP contribution in [-0.4, -0.2) is 25.4 Å². The minimum Gasteiger partial charge on any atom is -0.465 e. The number of halogens is 1. The Morgan fingerprint density at radius 2 is 2.05 bits per heavy atom. The van der Waals surface area contributed by atoms with Gasteiger partial charge in [-0.05, 0) is 54.3 Å². The molecule has 0 spiro atoms. The summed E-state index contributed by atoms with van der Waals surface area (Å²) < 4.78 is 5.87. The Labute approximate surface area is 147 Å². The van der Waals surface area contributed by atoms with E-state index in [2.05, 4.69) is 45.5 Å². The summed E-state index contributed by atoms with van der Waals surface area (Å²) in [7, 11) is 1.41. The van der Waals surface area contributed by atoms with Crippen LogP contribution >= 0.6 is 39.0 Å². The van der Waals surface area contributed by atoms with Crippen molar-refractivity contribution in [1.29, 1.82) is 0 Å². The molecule has 0 saturated heterocycles. The minimum atomic E-state index is -0.275. The van der Waals surface area contributed by atoms with Gasteiger partial charge in [-0.25, -0.2) is 4.79 Å². The average molecular weight is 400 g/mol. The summed E-state index contributed by atoms with van der Waals surface area (Å²) in [5.74, 6) is 0.819. The van der Waals surface area contributed by atoms with Gasteiger partial charge in [0.05, 0.1) is 12.8 Å². The molecule has 3 nitrogen and oxygen atoms in total. The second kappa shape index (κ2) is 9.22. The number of nitrogens with one attached hydrogen (secondary N) is 1. The molecule has 0 saturated carbocycles. The molecule has 2 aromatic rings. The number of esters is 1. The maximum Gasteiger partial charge on any atom is 0.350 e. The van der Waals surface area contributed by atoms with E-state index in [-0.39, 0.29) is 5.97 Å². The van der Waals surface area contributed by atoms with Gasteiger partial charge in [0.25, 0.3) is 0 Å². The van der Waals surface area contributed by atoms with Gasteiger partial charge in [-0.1, -0.05) is 15.9 Å². The average Bonchev–Trinajstić information content (AvgIpc) is 3.00. The van der Waals surface area contributed by atoms with E-state index in [1.54, 1.807) is 0 Å². The zero-order valence-corrected chi connectivity index (χ0v) is 15.5. The van der Waals surface area contributed by atoms with Crippen LogP contribution in [0.4, 0.5) is 5.69 Å². The Balaban J connectivity index is 1.64. The molecule has 1 N–H and O–H groups in total. The second-order valence-electron chi connectivity index (χ2n) is 4.59. The van der Waals surface area contributed by atoms with E-state index >= 15 is 0 Å². The zero-order valence-electron chi connectivity index (χ0n) is 12.3. The third-order valence-corrected chi connectivity index (χ3v) is 5.53. The van der Waals surface area contributed by atoms with Crippen molar-refractivity contribution in [1.82, 2.24) is 0 Å². The third kappa shape index (κ3) is 5.34. The fourth-order valence-corrected chi connectivity index (χ4v) is 3.83. The Bertz CT molecular complexity index is 598. The highest BCUT2D eigenvalue weighted by Crippen LogP contribution is 2.24. The fourth-order valence-electron chi connectivity index (χ4n) is 1.87. The third-order valence-electron chi connectivity index (χ3n) is 3.00. The molecule has 1 aromatic heterocycles. The van der Waals surface area contributed by atoms with E-state index < -0.39 is 0 Å². The Hall–Kier alpha value is -0.980. The molecule has 2 rings (SSSR count). The number of unbranched alkanes of at least 4 members (excludes halogenated alkanes) is 1. The number of hydrogen-bond acceptors (Lipinski definition) is 5. The van der Waals surface area contributed by atoms with Crippen LogP contribution in [0.3, 0.4) is 0 Å². The molecule has 6 heteroatoms. The Morgan fingerprint density at radius 3 is 2.77 bits per heavy atom. The standard InChI is InChI=1S/C16H18BrNO2S2/c1-20-16(19)15-14(8-11-22-15)18-9-2-3-10-21-13-6-4-12(17)5-7-13/h4-8,11,18H,2-3,9-10H2,1H3. The van der Waals surface area contributed by atoms with Crippen molar-refractivity contribution in [2.75, 3.05) is 24.7 Å². The Kier molecular flexibility index (Phi) is 7.29. The molecule has 118 valence electrons. The lowest BCUT2D eigenvalue weighted by atomic mass is 10.3. The van der Waals surface area contributed by atoms with E-state index in [0.717, 1.165) is 35.3 Å². The van der Waals surface area contributed by atoms with Crippen molar-refractivity contribution < 1.29 is 9.53 Å². The number of ether oxygens (including phenoxy) is 1. The highest BCUT2D eigenvalue weighted by molar-refractivity contribution is 9.10. The van der Waals surface area contributed by atoms with Gasteiger partial charge in [0.2, 0.25) is 0 Å². The summed E-state index contributed by atoms with van der Waals surface area (Å²) in [6.07, 6.45) is 2.20. The van der Waals surface area contributed by atoms with E-state index in [0.29, 0.717) is 4.88 Å². The number of carbonyl (C=O) groups excluding carboxylic acids is 1. The number of thiophene rings is 1. The molecule has 0 atom stereocenters. The van der Waals surface area contributed by atoms with Crippen LogP contribution in [0.5, 0.6) is 0 Å². The zero-order chi connectivity index (χ0) is 15.8. The summed E-state index contributed by atoms with van der Waals surface area (Å²) in [4.78, 5) is 13.5. The molecule has 0 unspecified atom stereocenters. The summed E-state index contributed by atoms with van der Waals surface area (Å²) in [6, 6.07) is 10.3. The Morgan fingerprint density at radius 1 is 1.27 bits per heavy atom. The van der Waals surface area contributed by atoms with Gasteiger partial charge < -0.3 is 10.1 Å². The van der Waals surface area contributed by atoms with Crippen molar-refractivity contribution in [3.05, 3.63) is 45.1 Å². The second-order valence-corrected chi connectivity index (χ2v) is 7.59. The molecule has 0 fully saturated rings. The highest BCUT2D eigenvalue weighted by atomic mass is 79.9. The highest BCUT2D eigenvalue weighted by Gasteiger charge is 2.12. The lowest BCUT2D eigenvalue weighted by Gasteiger charge is -2.06. The lowest BCUT2D eigenvalue weighted by molar-refractivity contribution is 0.0607. The molecule has 0 radical (unpaired) electrons. The smallest absolute Gasteiger partial charge is 0.350 e. The molecule has 1 aromatic carbocycles. The molecule has 0 bridgehead atoms. The van der Waals surface area contributed by atoms with E-state index in [9.17, 15) is 4.79 Å². The monoisotopic (exact) mass is 399 g/mol. The maximum absolute atomic E-state index is 11.6. The molecule has 0 aliphatic rings. The van der Waals surface area contributed by atoms with Crippen molar-refractivity contribution in [2.24, 2.45) is 0 Å². The largest absolute Gasteiger partial charge is 0.465 e. The van der Waals surface area contributed by atoms with Crippen LogP contribution in [-0.2, 0) is 4.74 Å². The van der Waals surface area contributed by atoms with Gasteiger partial charge in [0, 0.05) is 15.9 Å². The van der Waals surface area contributed by atoms with Crippen LogP contribution < -0.4 is 5.32 Å². The lowest BCUT2D eigenvalue weighted by Crippen LogP contribution is -2.06. The minimum absolute atomic E-state index is 0.275. The number of carbonyl (C=O) groups is 1. The topological polar surface area (TPSA) is 38.3 Å². The molecular weight excluding hydrogens is 382 g/mol. The summed E-state index contributed by atoms with van der Waals surface area (Å²) >= 11 is 6.71. The fraction of sp³-hybridized carbons (Fsp3) is 0.312. The van der Waals surface area contributed by atoms with E-state index in [1.165, 1.54) is 23.3 Å². The van der Waals surface area contributed by atoms with Crippen LogP contribution in [0.25, 0.3) is 0 Å². The molecule has 0 aliphatic heterocycles. The van der Waals surface area contributed by atoms with Gasteiger partial charge in [-0.3, -0.25) is 0 Å². The summed E-state index contributed by atoms with van der Waals surface area (Å²) in [5.41, 5.74) is 0.873. The number of benzene rings is 1. The molecule has 22 heavy (non-hydrogen) atoms. The van der Waals surface area contributed by atoms with Crippen LogP contribution in [0.2, 0.25) is 0 Å². The van der Waals surface area contributed by atoms with Crippen molar-refractivity contribution in [3.8, 4) is 0 Å². The van der Waals surface area contributed by atoms with Crippen molar-refractivity contribution in [2.45, 2.75) is 17.7 Å². The van der Waals surface area contributed by atoms with Gasteiger partial charge in [0.1, 0.15) is 4.88 Å². The number of anilines is 1. The number of methoxy groups -OCH3 is 1. The number of thioether (sulfide) groups is 1.